The van der Waals surface area contributed by atoms with E-state index < -0.39 is 0 Å². The van der Waals surface area contributed by atoms with E-state index in [0.717, 1.165) is 25.4 Å². The van der Waals surface area contributed by atoms with E-state index in [2.05, 4.69) is 29.7 Å². The minimum absolute atomic E-state index is 0.0581. The van der Waals surface area contributed by atoms with Gasteiger partial charge < -0.3 is 15.4 Å². The molecule has 0 spiro atoms. The van der Waals surface area contributed by atoms with Gasteiger partial charge in [0.15, 0.2) is 0 Å². The van der Waals surface area contributed by atoms with Crippen molar-refractivity contribution in [2.45, 2.75) is 57.7 Å². The van der Waals surface area contributed by atoms with Crippen molar-refractivity contribution < 1.29 is 9.53 Å². The van der Waals surface area contributed by atoms with Gasteiger partial charge in [-0.05, 0) is 57.6 Å². The first kappa shape index (κ1) is 14.9. The number of carbonyl (C=O) groups is 1. The van der Waals surface area contributed by atoms with Gasteiger partial charge in [0.2, 0.25) is 0 Å². The van der Waals surface area contributed by atoms with Crippen molar-refractivity contribution in [3.63, 3.8) is 0 Å². The van der Waals surface area contributed by atoms with Crippen LogP contribution in [0.1, 0.15) is 48.4 Å². The molecular formula is C16H24N2O2S. The topological polar surface area (TPSA) is 50.4 Å². The Morgan fingerprint density at radius 2 is 2.19 bits per heavy atom. The zero-order valence-corrected chi connectivity index (χ0v) is 13.5. The predicted molar refractivity (Wildman–Crippen MR) is 84.6 cm³/mol. The molecule has 2 heterocycles. The summed E-state index contributed by atoms with van der Waals surface area (Å²) in [6, 6.07) is 4.43. The van der Waals surface area contributed by atoms with Crippen LogP contribution in [0.2, 0.25) is 0 Å². The van der Waals surface area contributed by atoms with Gasteiger partial charge in [0.25, 0.3) is 0 Å². The SMILES string of the molecule is Cc1ccc([C@H](C)NC(=O)N[C@H]2CCO[C@@H](C3CC3)C2)s1. The Morgan fingerprint density at radius 3 is 2.86 bits per heavy atom. The summed E-state index contributed by atoms with van der Waals surface area (Å²) in [4.78, 5) is 14.6. The first-order valence-electron chi connectivity index (χ1n) is 7.87. The zero-order chi connectivity index (χ0) is 14.8. The van der Waals surface area contributed by atoms with E-state index in [0.29, 0.717) is 6.10 Å². The molecule has 3 atom stereocenters. The van der Waals surface area contributed by atoms with Crippen LogP contribution in [0.5, 0.6) is 0 Å². The first-order valence-corrected chi connectivity index (χ1v) is 8.68. The van der Waals surface area contributed by atoms with Gasteiger partial charge in [-0.1, -0.05) is 0 Å². The van der Waals surface area contributed by atoms with Crippen molar-refractivity contribution >= 4 is 17.4 Å². The van der Waals surface area contributed by atoms with Crippen molar-refractivity contribution in [2.75, 3.05) is 6.61 Å². The van der Waals surface area contributed by atoms with Crippen LogP contribution in [0, 0.1) is 12.8 Å². The number of aryl methyl sites for hydroxylation is 1. The molecule has 0 bridgehead atoms. The fraction of sp³-hybridized carbons (Fsp3) is 0.688. The standard InChI is InChI=1S/C16H24N2O2S/c1-10-3-6-15(21-10)11(2)17-16(19)18-13-7-8-20-14(9-13)12-4-5-12/h3,6,11-14H,4-5,7-9H2,1-2H3,(H2,17,18,19)/t11-,13-,14+/m0/s1. The summed E-state index contributed by atoms with van der Waals surface area (Å²) >= 11 is 1.73. The number of urea groups is 1. The van der Waals surface area contributed by atoms with Crippen LogP contribution in [0.4, 0.5) is 4.79 Å². The van der Waals surface area contributed by atoms with Crippen LogP contribution in [0.25, 0.3) is 0 Å². The summed E-state index contributed by atoms with van der Waals surface area (Å²) < 4.78 is 5.80. The summed E-state index contributed by atoms with van der Waals surface area (Å²) in [5.41, 5.74) is 0. The molecule has 2 aliphatic rings. The molecule has 1 saturated heterocycles. The molecule has 4 nitrogen and oxygen atoms in total. The molecule has 2 fully saturated rings. The average molecular weight is 308 g/mol. The van der Waals surface area contributed by atoms with E-state index in [1.807, 2.05) is 6.92 Å². The summed E-state index contributed by atoms with van der Waals surface area (Å²) in [5, 5.41) is 6.15. The van der Waals surface area contributed by atoms with E-state index in [4.69, 9.17) is 4.74 Å². The number of carbonyl (C=O) groups excluding carboxylic acids is 1. The van der Waals surface area contributed by atoms with Crippen molar-refractivity contribution in [2.24, 2.45) is 5.92 Å². The predicted octanol–water partition coefficient (Wildman–Crippen LogP) is 3.37. The van der Waals surface area contributed by atoms with E-state index in [-0.39, 0.29) is 18.1 Å². The highest BCUT2D eigenvalue weighted by Gasteiger charge is 2.36. The van der Waals surface area contributed by atoms with Crippen LogP contribution in [0.3, 0.4) is 0 Å². The Hall–Kier alpha value is -1.07. The molecule has 2 amide bonds. The van der Waals surface area contributed by atoms with Crippen LogP contribution < -0.4 is 10.6 Å². The normalized spacial score (nSPS) is 27.1. The third-order valence-electron chi connectivity index (χ3n) is 4.33. The van der Waals surface area contributed by atoms with Gasteiger partial charge in [0.05, 0.1) is 12.1 Å². The highest BCUT2D eigenvalue weighted by Crippen LogP contribution is 2.38. The maximum Gasteiger partial charge on any atom is 0.315 e. The zero-order valence-electron chi connectivity index (χ0n) is 12.7. The lowest BCUT2D eigenvalue weighted by Crippen LogP contribution is -2.47. The van der Waals surface area contributed by atoms with Crippen LogP contribution in [-0.2, 0) is 4.74 Å². The van der Waals surface area contributed by atoms with Crippen LogP contribution in [-0.4, -0.2) is 24.8 Å². The quantitative estimate of drug-likeness (QED) is 0.896. The largest absolute Gasteiger partial charge is 0.378 e. The minimum Gasteiger partial charge on any atom is -0.378 e. The van der Waals surface area contributed by atoms with Gasteiger partial charge in [-0.2, -0.15) is 0 Å². The number of hydrogen-bond donors (Lipinski definition) is 2. The molecule has 1 aromatic heterocycles. The Balaban J connectivity index is 1.47. The van der Waals surface area contributed by atoms with Crippen LogP contribution >= 0.6 is 11.3 Å². The first-order chi connectivity index (χ1) is 10.1. The lowest BCUT2D eigenvalue weighted by Gasteiger charge is -2.30. The molecule has 1 aromatic rings. The van der Waals surface area contributed by atoms with E-state index in [1.165, 1.54) is 22.6 Å². The van der Waals surface area contributed by atoms with Gasteiger partial charge in [-0.15, -0.1) is 11.3 Å². The number of hydrogen-bond acceptors (Lipinski definition) is 3. The summed E-state index contributed by atoms with van der Waals surface area (Å²) in [6.07, 6.45) is 4.83. The van der Waals surface area contributed by atoms with Gasteiger partial charge in [0.1, 0.15) is 0 Å². The van der Waals surface area contributed by atoms with Crippen LogP contribution in [0.15, 0.2) is 12.1 Å². The smallest absolute Gasteiger partial charge is 0.315 e. The lowest BCUT2D eigenvalue weighted by molar-refractivity contribution is -0.00917. The second kappa shape index (κ2) is 6.36. The Kier molecular flexibility index (Phi) is 4.50. The maximum atomic E-state index is 12.1. The number of ether oxygens (including phenoxy) is 1. The van der Waals surface area contributed by atoms with E-state index in [9.17, 15) is 4.79 Å². The molecule has 3 rings (SSSR count). The molecule has 0 radical (unpaired) electrons. The maximum absolute atomic E-state index is 12.1. The van der Waals surface area contributed by atoms with Crippen molar-refractivity contribution in [3.05, 3.63) is 21.9 Å². The second-order valence-electron chi connectivity index (χ2n) is 6.26. The molecule has 116 valence electrons. The lowest BCUT2D eigenvalue weighted by atomic mass is 10.0. The van der Waals surface area contributed by atoms with Gasteiger partial charge in [0, 0.05) is 22.4 Å². The monoisotopic (exact) mass is 308 g/mol. The minimum atomic E-state index is -0.0602. The number of amides is 2. The number of nitrogens with one attached hydrogen (secondary N) is 2. The molecule has 21 heavy (non-hydrogen) atoms. The summed E-state index contributed by atoms with van der Waals surface area (Å²) in [7, 11) is 0. The molecule has 5 heteroatoms. The van der Waals surface area contributed by atoms with Crippen molar-refractivity contribution in [3.8, 4) is 0 Å². The van der Waals surface area contributed by atoms with Crippen molar-refractivity contribution in [1.29, 1.82) is 0 Å². The molecule has 2 N–H and O–H groups in total. The summed E-state index contributed by atoms with van der Waals surface area (Å²) in [5.74, 6) is 0.741. The Bertz CT molecular complexity index is 498. The highest BCUT2D eigenvalue weighted by molar-refractivity contribution is 7.12. The second-order valence-corrected chi connectivity index (χ2v) is 7.58. The van der Waals surface area contributed by atoms with Gasteiger partial charge >= 0.3 is 6.03 Å². The fourth-order valence-corrected chi connectivity index (χ4v) is 3.82. The number of thiophene rings is 1. The third kappa shape index (κ3) is 3.98. The summed E-state index contributed by atoms with van der Waals surface area (Å²) in [6.45, 7) is 4.88. The van der Waals surface area contributed by atoms with Gasteiger partial charge in [-0.3, -0.25) is 0 Å². The van der Waals surface area contributed by atoms with E-state index >= 15 is 0 Å². The number of rotatable bonds is 4. The van der Waals surface area contributed by atoms with Gasteiger partial charge in [-0.25, -0.2) is 4.79 Å². The third-order valence-corrected chi connectivity index (χ3v) is 5.52. The molecule has 1 saturated carbocycles. The molecular weight excluding hydrogens is 284 g/mol. The van der Waals surface area contributed by atoms with E-state index in [1.54, 1.807) is 11.3 Å². The average Bonchev–Trinajstić information content (AvgIpc) is 3.21. The Morgan fingerprint density at radius 1 is 1.38 bits per heavy atom. The van der Waals surface area contributed by atoms with Crippen molar-refractivity contribution in [1.82, 2.24) is 10.6 Å². The molecule has 0 unspecified atom stereocenters. The fourth-order valence-electron chi connectivity index (χ4n) is 2.94. The molecule has 1 aliphatic carbocycles. The molecule has 1 aliphatic heterocycles. The Labute approximate surface area is 130 Å². The molecule has 0 aromatic carbocycles. The highest BCUT2D eigenvalue weighted by atomic mass is 32.1.